The Bertz CT molecular complexity index is 380. The number of benzene rings is 1. The van der Waals surface area contributed by atoms with Crippen molar-refractivity contribution in [3.05, 3.63) is 23.8 Å². The molecule has 82 valence electrons. The highest BCUT2D eigenvalue weighted by molar-refractivity contribution is 5.75. The lowest BCUT2D eigenvalue weighted by Gasteiger charge is -2.17. The second-order valence-corrected chi connectivity index (χ2v) is 3.08. The fraction of sp³-hybridized carbons (Fsp3) is 0.222. The van der Waals surface area contributed by atoms with Gasteiger partial charge in [-0.2, -0.15) is 0 Å². The third-order valence-corrected chi connectivity index (χ3v) is 2.04. The van der Waals surface area contributed by atoms with E-state index >= 15 is 0 Å². The summed E-state index contributed by atoms with van der Waals surface area (Å²) >= 11 is 0. The number of nitrogens with two attached hydrogens (primary N) is 2. The summed E-state index contributed by atoms with van der Waals surface area (Å²) in [5.41, 5.74) is 11.4. The zero-order valence-corrected chi connectivity index (χ0v) is 7.79. The molecule has 0 aliphatic rings. The number of aliphatic hydroxyl groups excluding tert-OH is 2. The van der Waals surface area contributed by atoms with Crippen molar-refractivity contribution in [3.8, 4) is 0 Å². The first-order chi connectivity index (χ1) is 6.95. The van der Waals surface area contributed by atoms with E-state index in [1.165, 1.54) is 18.2 Å². The summed E-state index contributed by atoms with van der Waals surface area (Å²) in [5, 5.41) is 27.1. The van der Waals surface area contributed by atoms with E-state index in [-0.39, 0.29) is 16.9 Å². The Hall–Kier alpha value is -1.79. The third kappa shape index (κ3) is 2.17. The molecule has 0 spiro atoms. The van der Waals surface area contributed by atoms with E-state index < -0.39 is 18.2 Å². The van der Waals surface area contributed by atoms with Crippen LogP contribution in [0.1, 0.15) is 11.7 Å². The molecule has 1 aromatic rings. The molecule has 0 saturated carbocycles. The van der Waals surface area contributed by atoms with Gasteiger partial charge < -0.3 is 26.8 Å². The van der Waals surface area contributed by atoms with Gasteiger partial charge >= 0.3 is 5.97 Å². The molecule has 0 heterocycles. The van der Waals surface area contributed by atoms with Crippen LogP contribution in [0.5, 0.6) is 0 Å². The second kappa shape index (κ2) is 4.16. The molecule has 0 bridgehead atoms. The molecule has 0 saturated heterocycles. The number of rotatable bonds is 3. The molecular weight excluding hydrogens is 200 g/mol. The summed E-state index contributed by atoms with van der Waals surface area (Å²) in [7, 11) is 0. The van der Waals surface area contributed by atoms with Gasteiger partial charge in [-0.05, 0) is 6.07 Å². The van der Waals surface area contributed by atoms with Crippen molar-refractivity contribution in [2.75, 3.05) is 11.5 Å². The molecule has 0 radical (unpaired) electrons. The lowest BCUT2D eigenvalue weighted by molar-refractivity contribution is -0.153. The first-order valence-electron chi connectivity index (χ1n) is 4.18. The van der Waals surface area contributed by atoms with Gasteiger partial charge in [0.05, 0.1) is 11.4 Å². The quantitative estimate of drug-likeness (QED) is 0.422. The van der Waals surface area contributed by atoms with E-state index in [2.05, 4.69) is 0 Å². The van der Waals surface area contributed by atoms with Gasteiger partial charge in [0.1, 0.15) is 6.10 Å². The predicted octanol–water partition coefficient (Wildman–Crippen LogP) is -0.670. The standard InChI is InChI=1S/C9H12N2O4/c10-5-3-1-2-4(6(5)11)7(12)8(13)9(14)15/h1-3,7-8,12-13H,10-11H2,(H,14,15). The predicted molar refractivity (Wildman–Crippen MR) is 53.9 cm³/mol. The summed E-state index contributed by atoms with van der Waals surface area (Å²) in [6.07, 6.45) is -3.51. The number of hydrogen-bond donors (Lipinski definition) is 5. The maximum Gasteiger partial charge on any atom is 0.335 e. The lowest BCUT2D eigenvalue weighted by atomic mass is 10.0. The van der Waals surface area contributed by atoms with E-state index in [1.807, 2.05) is 0 Å². The molecule has 1 rings (SSSR count). The Morgan fingerprint density at radius 3 is 2.40 bits per heavy atom. The first kappa shape index (κ1) is 11.3. The van der Waals surface area contributed by atoms with Crippen molar-refractivity contribution >= 4 is 17.3 Å². The molecule has 2 unspecified atom stereocenters. The highest BCUT2D eigenvalue weighted by atomic mass is 16.4. The topological polar surface area (TPSA) is 130 Å². The number of aliphatic carboxylic acids is 1. The van der Waals surface area contributed by atoms with E-state index in [1.54, 1.807) is 0 Å². The molecule has 0 amide bonds. The highest BCUT2D eigenvalue weighted by Crippen LogP contribution is 2.27. The van der Waals surface area contributed by atoms with E-state index in [9.17, 15) is 9.90 Å². The summed E-state index contributed by atoms with van der Waals surface area (Å²) in [6, 6.07) is 4.43. The minimum absolute atomic E-state index is 0.0744. The minimum atomic E-state index is -1.92. The maximum atomic E-state index is 10.4. The molecule has 2 atom stereocenters. The molecule has 0 fully saturated rings. The van der Waals surface area contributed by atoms with Gasteiger partial charge in [-0.15, -0.1) is 0 Å². The van der Waals surface area contributed by atoms with E-state index in [4.69, 9.17) is 21.7 Å². The number of aliphatic hydroxyl groups is 2. The van der Waals surface area contributed by atoms with Gasteiger partial charge in [-0.3, -0.25) is 0 Å². The van der Waals surface area contributed by atoms with Crippen LogP contribution in [0.2, 0.25) is 0 Å². The van der Waals surface area contributed by atoms with Crippen molar-refractivity contribution in [1.82, 2.24) is 0 Å². The average Bonchev–Trinajstić information content (AvgIpc) is 2.20. The zero-order valence-electron chi connectivity index (χ0n) is 7.79. The molecule has 0 aliphatic carbocycles. The molecule has 6 nitrogen and oxygen atoms in total. The van der Waals surface area contributed by atoms with Gasteiger partial charge in [-0.25, -0.2) is 4.79 Å². The van der Waals surface area contributed by atoms with Gasteiger partial charge in [0.25, 0.3) is 0 Å². The Morgan fingerprint density at radius 1 is 1.27 bits per heavy atom. The summed E-state index contributed by atoms with van der Waals surface area (Å²) in [5.74, 6) is -1.52. The molecular formula is C9H12N2O4. The fourth-order valence-electron chi connectivity index (χ4n) is 1.16. The van der Waals surface area contributed by atoms with Crippen molar-refractivity contribution in [2.45, 2.75) is 12.2 Å². The minimum Gasteiger partial charge on any atom is -0.479 e. The molecule has 0 aliphatic heterocycles. The smallest absolute Gasteiger partial charge is 0.335 e. The molecule has 0 aromatic heterocycles. The van der Waals surface area contributed by atoms with Crippen LogP contribution in [0.25, 0.3) is 0 Å². The van der Waals surface area contributed by atoms with Crippen LogP contribution in [-0.4, -0.2) is 27.4 Å². The van der Waals surface area contributed by atoms with Gasteiger partial charge in [0.15, 0.2) is 6.10 Å². The largest absolute Gasteiger partial charge is 0.479 e. The van der Waals surface area contributed by atoms with Crippen LogP contribution < -0.4 is 11.5 Å². The van der Waals surface area contributed by atoms with Crippen LogP contribution in [-0.2, 0) is 4.79 Å². The number of hydrogen-bond acceptors (Lipinski definition) is 5. The highest BCUT2D eigenvalue weighted by Gasteiger charge is 2.26. The Kier molecular flexibility index (Phi) is 3.13. The summed E-state index contributed by atoms with van der Waals surface area (Å²) in [6.45, 7) is 0. The molecule has 6 heteroatoms. The second-order valence-electron chi connectivity index (χ2n) is 3.08. The summed E-state index contributed by atoms with van der Waals surface area (Å²) < 4.78 is 0. The lowest BCUT2D eigenvalue weighted by Crippen LogP contribution is -2.28. The van der Waals surface area contributed by atoms with Gasteiger partial charge in [-0.1, -0.05) is 12.1 Å². The monoisotopic (exact) mass is 212 g/mol. The van der Waals surface area contributed by atoms with Crippen LogP contribution in [0.15, 0.2) is 18.2 Å². The van der Waals surface area contributed by atoms with Crippen LogP contribution >= 0.6 is 0 Å². The maximum absolute atomic E-state index is 10.4. The van der Waals surface area contributed by atoms with Crippen LogP contribution in [0, 0.1) is 0 Å². The normalized spacial score (nSPS) is 14.5. The third-order valence-electron chi connectivity index (χ3n) is 2.04. The first-order valence-corrected chi connectivity index (χ1v) is 4.18. The summed E-state index contributed by atoms with van der Waals surface area (Å²) in [4.78, 5) is 10.4. The van der Waals surface area contributed by atoms with E-state index in [0.29, 0.717) is 0 Å². The number of carboxylic acids is 1. The zero-order chi connectivity index (χ0) is 11.6. The fourth-order valence-corrected chi connectivity index (χ4v) is 1.16. The van der Waals surface area contributed by atoms with E-state index in [0.717, 1.165) is 0 Å². The molecule has 1 aromatic carbocycles. The Morgan fingerprint density at radius 2 is 1.87 bits per heavy atom. The number of carbonyl (C=O) groups is 1. The van der Waals surface area contributed by atoms with Crippen LogP contribution in [0.4, 0.5) is 11.4 Å². The SMILES string of the molecule is Nc1cccc(C(O)C(O)C(=O)O)c1N. The average molecular weight is 212 g/mol. The Labute approximate surface area is 85.8 Å². The van der Waals surface area contributed by atoms with Crippen molar-refractivity contribution < 1.29 is 20.1 Å². The molecule has 15 heavy (non-hydrogen) atoms. The van der Waals surface area contributed by atoms with Crippen molar-refractivity contribution in [3.63, 3.8) is 0 Å². The number of carboxylic acid groups (broad SMARTS) is 1. The van der Waals surface area contributed by atoms with Gasteiger partial charge in [0.2, 0.25) is 0 Å². The number of nitrogen functional groups attached to an aromatic ring is 2. The van der Waals surface area contributed by atoms with Crippen LogP contribution in [0.3, 0.4) is 0 Å². The molecule has 7 N–H and O–H groups in total. The number of anilines is 2. The number of para-hydroxylation sites is 1. The Balaban J connectivity index is 3.06. The van der Waals surface area contributed by atoms with Crippen molar-refractivity contribution in [2.24, 2.45) is 0 Å². The van der Waals surface area contributed by atoms with Gasteiger partial charge in [0, 0.05) is 5.56 Å². The van der Waals surface area contributed by atoms with Crippen molar-refractivity contribution in [1.29, 1.82) is 0 Å².